The Kier molecular flexibility index (Phi) is 5.16. The highest BCUT2D eigenvalue weighted by Gasteiger charge is 2.09. The number of carbonyl (C=O) groups excluding carboxylic acids is 2. The van der Waals surface area contributed by atoms with Gasteiger partial charge in [-0.2, -0.15) is 0 Å². The third kappa shape index (κ3) is 4.51. The maximum Gasteiger partial charge on any atom is 0.262 e. The maximum absolute atomic E-state index is 12.3. The lowest BCUT2D eigenvalue weighted by molar-refractivity contribution is -0.118. The second-order valence-corrected chi connectivity index (χ2v) is 5.29. The summed E-state index contributed by atoms with van der Waals surface area (Å²) in [5.41, 5.74) is 1.86. The number of ether oxygens (including phenoxy) is 1. The van der Waals surface area contributed by atoms with Crippen LogP contribution in [0.3, 0.4) is 0 Å². The summed E-state index contributed by atoms with van der Waals surface area (Å²) >= 11 is 0. The Labute approximate surface area is 145 Å². The lowest BCUT2D eigenvalue weighted by atomic mass is 10.0. The van der Waals surface area contributed by atoms with Crippen molar-refractivity contribution in [2.24, 2.45) is 0 Å². The van der Waals surface area contributed by atoms with Crippen molar-refractivity contribution in [2.45, 2.75) is 0 Å². The minimum Gasteiger partial charge on any atom is -0.484 e. The van der Waals surface area contributed by atoms with E-state index in [2.05, 4.69) is 10.3 Å². The van der Waals surface area contributed by atoms with E-state index >= 15 is 0 Å². The van der Waals surface area contributed by atoms with Crippen molar-refractivity contribution >= 4 is 17.4 Å². The predicted molar refractivity (Wildman–Crippen MR) is 94.7 cm³/mol. The Morgan fingerprint density at radius 1 is 0.840 bits per heavy atom. The second-order valence-electron chi connectivity index (χ2n) is 5.29. The van der Waals surface area contributed by atoms with Crippen molar-refractivity contribution in [3.8, 4) is 5.75 Å². The molecule has 1 amide bonds. The fourth-order valence-electron chi connectivity index (χ4n) is 2.24. The summed E-state index contributed by atoms with van der Waals surface area (Å²) in [6.45, 7) is -0.117. The van der Waals surface area contributed by atoms with E-state index in [4.69, 9.17) is 4.74 Å². The number of nitrogens with one attached hydrogen (secondary N) is 1. The van der Waals surface area contributed by atoms with Gasteiger partial charge in [0.05, 0.1) is 0 Å². The molecule has 0 saturated carbocycles. The number of aromatic nitrogens is 1. The zero-order valence-corrected chi connectivity index (χ0v) is 13.4. The van der Waals surface area contributed by atoms with Crippen LogP contribution in [0.4, 0.5) is 5.69 Å². The average Bonchev–Trinajstić information content (AvgIpc) is 2.68. The molecule has 0 aliphatic rings. The molecule has 2 aromatic carbocycles. The van der Waals surface area contributed by atoms with Gasteiger partial charge in [0.2, 0.25) is 0 Å². The smallest absolute Gasteiger partial charge is 0.262 e. The van der Waals surface area contributed by atoms with Crippen LogP contribution >= 0.6 is 0 Å². The number of hydrogen-bond donors (Lipinski definition) is 1. The molecule has 0 saturated heterocycles. The summed E-state index contributed by atoms with van der Waals surface area (Å²) in [4.78, 5) is 28.0. The first kappa shape index (κ1) is 16.4. The second kappa shape index (κ2) is 7.88. The minimum absolute atomic E-state index is 0.0532. The van der Waals surface area contributed by atoms with Gasteiger partial charge in [-0.3, -0.25) is 14.6 Å². The van der Waals surface area contributed by atoms with Crippen molar-refractivity contribution in [3.05, 3.63) is 90.3 Å². The van der Waals surface area contributed by atoms with E-state index in [0.717, 1.165) is 0 Å². The molecule has 1 N–H and O–H groups in total. The van der Waals surface area contributed by atoms with Gasteiger partial charge in [-0.1, -0.05) is 30.3 Å². The fourth-order valence-corrected chi connectivity index (χ4v) is 2.24. The van der Waals surface area contributed by atoms with Crippen LogP contribution in [-0.2, 0) is 4.79 Å². The van der Waals surface area contributed by atoms with Crippen LogP contribution < -0.4 is 10.1 Å². The van der Waals surface area contributed by atoms with Crippen molar-refractivity contribution in [3.63, 3.8) is 0 Å². The van der Waals surface area contributed by atoms with E-state index in [1.54, 1.807) is 60.9 Å². The Hall–Kier alpha value is -3.47. The molecule has 1 aromatic heterocycles. The van der Waals surface area contributed by atoms with Gasteiger partial charge >= 0.3 is 0 Å². The molecule has 0 bridgehead atoms. The molecule has 5 heteroatoms. The Morgan fingerprint density at radius 2 is 1.48 bits per heavy atom. The zero-order valence-electron chi connectivity index (χ0n) is 13.4. The average molecular weight is 332 g/mol. The first-order valence-electron chi connectivity index (χ1n) is 7.75. The highest BCUT2D eigenvalue weighted by Crippen LogP contribution is 2.15. The number of carbonyl (C=O) groups is 2. The number of anilines is 1. The number of nitrogens with zero attached hydrogens (tertiary/aromatic N) is 1. The van der Waals surface area contributed by atoms with Gasteiger partial charge in [0.15, 0.2) is 12.4 Å². The van der Waals surface area contributed by atoms with Crippen LogP contribution in [-0.4, -0.2) is 23.3 Å². The van der Waals surface area contributed by atoms with Crippen LogP contribution in [0.1, 0.15) is 15.9 Å². The van der Waals surface area contributed by atoms with Gasteiger partial charge in [-0.25, -0.2) is 0 Å². The standard InChI is InChI=1S/C20H16N2O3/c23-19(22-17-10-12-21-13-11-17)14-25-18-8-6-16(7-9-18)20(24)15-4-2-1-3-5-15/h1-13H,14H2,(H,21,22,23). The molecular formula is C20H16N2O3. The molecule has 1 heterocycles. The molecular weight excluding hydrogens is 316 g/mol. The van der Waals surface area contributed by atoms with Gasteiger partial charge in [-0.15, -0.1) is 0 Å². The molecule has 3 rings (SSSR count). The van der Waals surface area contributed by atoms with Gasteiger partial charge < -0.3 is 10.1 Å². The molecule has 0 aliphatic carbocycles. The summed E-state index contributed by atoms with van der Waals surface area (Å²) in [5.74, 6) is 0.202. The number of amides is 1. The normalized spacial score (nSPS) is 10.1. The molecule has 0 unspecified atom stereocenters. The molecule has 0 radical (unpaired) electrons. The van der Waals surface area contributed by atoms with Crippen LogP contribution in [0, 0.1) is 0 Å². The van der Waals surface area contributed by atoms with E-state index < -0.39 is 0 Å². The molecule has 0 atom stereocenters. The largest absolute Gasteiger partial charge is 0.484 e. The summed E-state index contributed by atoms with van der Waals surface area (Å²) < 4.78 is 5.44. The van der Waals surface area contributed by atoms with Crippen LogP contribution in [0.2, 0.25) is 0 Å². The van der Waals surface area contributed by atoms with E-state index in [0.29, 0.717) is 22.6 Å². The first-order chi connectivity index (χ1) is 12.2. The highest BCUT2D eigenvalue weighted by atomic mass is 16.5. The highest BCUT2D eigenvalue weighted by molar-refractivity contribution is 6.09. The SMILES string of the molecule is O=C(COc1ccc(C(=O)c2ccccc2)cc1)Nc1ccncc1. The molecule has 0 aliphatic heterocycles. The van der Waals surface area contributed by atoms with Crippen molar-refractivity contribution in [2.75, 3.05) is 11.9 Å². The Morgan fingerprint density at radius 3 is 2.16 bits per heavy atom. The zero-order chi connectivity index (χ0) is 17.5. The lowest BCUT2D eigenvalue weighted by Crippen LogP contribution is -2.20. The van der Waals surface area contributed by atoms with Gasteiger partial charge in [0, 0.05) is 29.2 Å². The van der Waals surface area contributed by atoms with Crippen molar-refractivity contribution < 1.29 is 14.3 Å². The molecule has 0 fully saturated rings. The lowest BCUT2D eigenvalue weighted by Gasteiger charge is -2.08. The van der Waals surface area contributed by atoms with E-state index in [9.17, 15) is 9.59 Å². The van der Waals surface area contributed by atoms with E-state index in [1.165, 1.54) is 0 Å². The topological polar surface area (TPSA) is 68.3 Å². The van der Waals surface area contributed by atoms with E-state index in [-0.39, 0.29) is 18.3 Å². The van der Waals surface area contributed by atoms with E-state index in [1.807, 2.05) is 18.2 Å². The summed E-state index contributed by atoms with van der Waals surface area (Å²) in [6, 6.07) is 19.2. The van der Waals surface area contributed by atoms with Crippen LogP contribution in [0.25, 0.3) is 0 Å². The molecule has 0 spiro atoms. The van der Waals surface area contributed by atoms with Crippen molar-refractivity contribution in [1.29, 1.82) is 0 Å². The summed E-state index contributed by atoms with van der Waals surface area (Å²) in [5, 5.41) is 2.71. The predicted octanol–water partition coefficient (Wildman–Crippen LogP) is 3.33. The van der Waals surface area contributed by atoms with Crippen LogP contribution in [0.5, 0.6) is 5.75 Å². The summed E-state index contributed by atoms with van der Waals surface area (Å²) in [6.07, 6.45) is 3.19. The van der Waals surface area contributed by atoms with Gasteiger partial charge in [0.25, 0.3) is 5.91 Å². The number of benzene rings is 2. The van der Waals surface area contributed by atoms with Crippen molar-refractivity contribution in [1.82, 2.24) is 4.98 Å². The third-order valence-electron chi connectivity index (χ3n) is 3.49. The quantitative estimate of drug-likeness (QED) is 0.703. The number of pyridine rings is 1. The molecule has 5 nitrogen and oxygen atoms in total. The van der Waals surface area contributed by atoms with Gasteiger partial charge in [-0.05, 0) is 36.4 Å². The molecule has 124 valence electrons. The van der Waals surface area contributed by atoms with Gasteiger partial charge in [0.1, 0.15) is 5.75 Å². The molecule has 3 aromatic rings. The summed E-state index contributed by atoms with van der Waals surface area (Å²) in [7, 11) is 0. The number of ketones is 1. The number of rotatable bonds is 6. The molecule has 25 heavy (non-hydrogen) atoms. The van der Waals surface area contributed by atoms with Crippen LogP contribution in [0.15, 0.2) is 79.1 Å². The fraction of sp³-hybridized carbons (Fsp3) is 0.0500. The Balaban J connectivity index is 1.56. The number of hydrogen-bond acceptors (Lipinski definition) is 4. The Bertz CT molecular complexity index is 847. The monoisotopic (exact) mass is 332 g/mol. The minimum atomic E-state index is -0.268. The maximum atomic E-state index is 12.3. The third-order valence-corrected chi connectivity index (χ3v) is 3.49. The first-order valence-corrected chi connectivity index (χ1v) is 7.75.